The number of allylic oxidation sites excluding steroid dienone is 24. The fourth-order valence-corrected chi connectivity index (χ4v) is 7.71. The molecule has 0 spiro atoms. The van der Waals surface area contributed by atoms with E-state index in [4.69, 9.17) is 18.5 Å². The Morgan fingerprint density at radius 1 is 0.457 bits per heavy atom. The van der Waals surface area contributed by atoms with Crippen molar-refractivity contribution in [1.82, 2.24) is 0 Å². The highest BCUT2D eigenvalue weighted by Crippen LogP contribution is 2.47. The quantitative estimate of drug-likeness (QED) is 0.0147. The summed E-state index contributed by atoms with van der Waals surface area (Å²) in [7, 11) is -5.06. The van der Waals surface area contributed by atoms with E-state index in [1.807, 2.05) is 12.2 Å². The van der Waals surface area contributed by atoms with Gasteiger partial charge < -0.3 is 39.9 Å². The molecule has 0 radical (unpaired) electrons. The summed E-state index contributed by atoms with van der Waals surface area (Å²) in [6, 6.07) is 0. The van der Waals surface area contributed by atoms with Gasteiger partial charge in [-0.2, -0.15) is 0 Å². The molecule has 1 saturated carbocycles. The van der Waals surface area contributed by atoms with Gasteiger partial charge in [0.25, 0.3) is 0 Å². The van der Waals surface area contributed by atoms with E-state index in [9.17, 15) is 39.8 Å². The molecule has 1 aliphatic rings. The van der Waals surface area contributed by atoms with Crippen molar-refractivity contribution in [3.05, 3.63) is 146 Å². The maximum absolute atomic E-state index is 12.9. The van der Waals surface area contributed by atoms with Crippen LogP contribution in [0.15, 0.2) is 146 Å². The first-order chi connectivity index (χ1) is 34.0. The van der Waals surface area contributed by atoms with Crippen molar-refractivity contribution in [2.24, 2.45) is 0 Å². The van der Waals surface area contributed by atoms with Gasteiger partial charge in [-0.05, 0) is 103 Å². The molecule has 0 heterocycles. The molecular weight excluding hydrogens is 908 g/mol. The summed E-state index contributed by atoms with van der Waals surface area (Å²) >= 11 is 0. The first-order valence-electron chi connectivity index (χ1n) is 25.7. The van der Waals surface area contributed by atoms with Gasteiger partial charge in [0.15, 0.2) is 0 Å². The van der Waals surface area contributed by atoms with Crippen molar-refractivity contribution >= 4 is 13.8 Å². The molecule has 12 nitrogen and oxygen atoms in total. The minimum Gasteiger partial charge on any atom is -0.457 e. The molecule has 0 saturated heterocycles. The van der Waals surface area contributed by atoms with Gasteiger partial charge in [0.2, 0.25) is 0 Å². The summed E-state index contributed by atoms with van der Waals surface area (Å²) < 4.78 is 34.2. The van der Waals surface area contributed by atoms with E-state index in [2.05, 4.69) is 148 Å². The van der Waals surface area contributed by atoms with Crippen LogP contribution in [-0.4, -0.2) is 98.9 Å². The molecule has 0 amide bonds. The van der Waals surface area contributed by atoms with Crippen molar-refractivity contribution in [3.8, 4) is 0 Å². The number of aliphatic hydroxyl groups is 5. The Morgan fingerprint density at radius 3 is 1.21 bits per heavy atom. The molecule has 0 aromatic heterocycles. The van der Waals surface area contributed by atoms with E-state index in [0.29, 0.717) is 19.4 Å². The minimum absolute atomic E-state index is 0.0447. The number of unbranched alkanes of at least 4 members (excludes halogenated alkanes) is 5. The third-order valence-corrected chi connectivity index (χ3v) is 11.7. The van der Waals surface area contributed by atoms with Gasteiger partial charge in [-0.3, -0.25) is 13.8 Å². The fraction of sp³-hybridized carbons (Fsp3) is 0.561. The van der Waals surface area contributed by atoms with Crippen LogP contribution in [0.25, 0.3) is 0 Å². The van der Waals surface area contributed by atoms with Gasteiger partial charge in [-0.15, -0.1) is 0 Å². The summed E-state index contributed by atoms with van der Waals surface area (Å²) in [5, 5.41) is 50.3. The molecule has 6 N–H and O–H groups in total. The lowest BCUT2D eigenvalue weighted by atomic mass is 9.85. The number of rotatable bonds is 41. The molecule has 6 atom stereocenters. The monoisotopic (exact) mass is 997 g/mol. The SMILES string of the molecule is CC/C=C\C/C=C\C/C=C\C/C=C\C/C=C\C/C=C\CCCCCCCOCC(COP(=O)(O)OC1C(O)C(O)C(O)C(O)C1O)OC(=O)CC/C=C\C/C=C\C/C=C\C/C=C\C/C=C\C/C=C\CC. The number of hydrogen-bond acceptors (Lipinski definition) is 11. The fourth-order valence-electron chi connectivity index (χ4n) is 6.74. The molecule has 394 valence electrons. The van der Waals surface area contributed by atoms with E-state index in [-0.39, 0.29) is 13.0 Å². The molecule has 0 aliphatic heterocycles. The highest BCUT2D eigenvalue weighted by Gasteiger charge is 2.51. The third-order valence-electron chi connectivity index (χ3n) is 10.7. The molecule has 1 fully saturated rings. The van der Waals surface area contributed by atoms with Crippen LogP contribution in [0.4, 0.5) is 0 Å². The molecule has 13 heteroatoms. The Balaban J connectivity index is 2.43. The van der Waals surface area contributed by atoms with Crippen molar-refractivity contribution in [2.45, 2.75) is 185 Å². The van der Waals surface area contributed by atoms with Gasteiger partial charge in [0, 0.05) is 13.0 Å². The normalized spacial score (nSPS) is 22.1. The van der Waals surface area contributed by atoms with Crippen LogP contribution in [0.1, 0.15) is 142 Å². The van der Waals surface area contributed by atoms with Crippen molar-refractivity contribution < 1.29 is 58.3 Å². The maximum atomic E-state index is 12.9. The van der Waals surface area contributed by atoms with Crippen LogP contribution < -0.4 is 0 Å². The van der Waals surface area contributed by atoms with Crippen molar-refractivity contribution in [3.63, 3.8) is 0 Å². The minimum atomic E-state index is -5.06. The zero-order valence-electron chi connectivity index (χ0n) is 42.2. The second kappa shape index (κ2) is 45.1. The first kappa shape index (κ1) is 64.2. The van der Waals surface area contributed by atoms with Crippen LogP contribution in [0.3, 0.4) is 0 Å². The van der Waals surface area contributed by atoms with E-state index in [0.717, 1.165) is 109 Å². The smallest absolute Gasteiger partial charge is 0.457 e. The Hall–Kier alpha value is -3.78. The van der Waals surface area contributed by atoms with Crippen LogP contribution in [-0.2, 0) is 27.9 Å². The molecule has 6 unspecified atom stereocenters. The van der Waals surface area contributed by atoms with Crippen molar-refractivity contribution in [2.75, 3.05) is 19.8 Å². The zero-order chi connectivity index (χ0) is 51.2. The number of hydrogen-bond donors (Lipinski definition) is 6. The van der Waals surface area contributed by atoms with E-state index < -0.39 is 63.1 Å². The van der Waals surface area contributed by atoms with E-state index in [1.54, 1.807) is 0 Å². The highest BCUT2D eigenvalue weighted by molar-refractivity contribution is 7.47. The Morgan fingerprint density at radius 2 is 0.800 bits per heavy atom. The number of aliphatic hydroxyl groups excluding tert-OH is 5. The summed E-state index contributed by atoms with van der Waals surface area (Å²) in [5.74, 6) is -0.573. The lowest BCUT2D eigenvalue weighted by Gasteiger charge is -2.41. The van der Waals surface area contributed by atoms with Gasteiger partial charge in [-0.25, -0.2) is 4.57 Å². The second-order valence-electron chi connectivity index (χ2n) is 16.9. The lowest BCUT2D eigenvalue weighted by molar-refractivity contribution is -0.220. The van der Waals surface area contributed by atoms with E-state index >= 15 is 0 Å². The standard InChI is InChI=1S/C57H89O12P/c1-3-5-7-9-11-13-15-17-19-21-23-24-25-26-27-29-31-33-35-37-39-41-43-45-47-66-48-50(49-67-70(64,65)69-57-55(62)53(60)52(59)54(61)56(57)63)68-51(58)46-44-42-40-38-36-34-32-30-28-22-20-18-16-14-12-10-8-6-4-2/h5-8,11-14,17-20,23-24,26-28,30-31,33-34,36,40,42,50,52-57,59-63H,3-4,9-10,15-16,21-22,25,29,32,35,37-39,41,43-49H2,1-2H3,(H,64,65)/b7-5-,8-6-,13-11-,14-12-,19-17-,20-18-,24-23-,27-26-,30-28-,33-31-,36-34-,42-40-. The van der Waals surface area contributed by atoms with Gasteiger partial charge in [0.1, 0.15) is 42.7 Å². The Bertz CT molecular complexity index is 1700. The summed E-state index contributed by atoms with van der Waals surface area (Å²) in [6.07, 6.45) is 56.4. The first-order valence-corrected chi connectivity index (χ1v) is 27.2. The molecule has 1 rings (SSSR count). The number of phosphoric ester groups is 1. The zero-order valence-corrected chi connectivity index (χ0v) is 43.1. The second-order valence-corrected chi connectivity index (χ2v) is 18.3. The van der Waals surface area contributed by atoms with Gasteiger partial charge >= 0.3 is 13.8 Å². The van der Waals surface area contributed by atoms with Crippen molar-refractivity contribution in [1.29, 1.82) is 0 Å². The molecule has 1 aliphatic carbocycles. The van der Waals surface area contributed by atoms with Crippen LogP contribution in [0, 0.1) is 0 Å². The molecule has 0 aromatic rings. The third kappa shape index (κ3) is 36.2. The predicted octanol–water partition coefficient (Wildman–Crippen LogP) is 11.8. The predicted molar refractivity (Wildman–Crippen MR) is 285 cm³/mol. The number of esters is 1. The maximum Gasteiger partial charge on any atom is 0.472 e. The largest absolute Gasteiger partial charge is 0.472 e. The van der Waals surface area contributed by atoms with Crippen LogP contribution in [0.2, 0.25) is 0 Å². The molecular formula is C57H89O12P. The van der Waals surface area contributed by atoms with Gasteiger partial charge in [-0.1, -0.05) is 179 Å². The topological polar surface area (TPSA) is 192 Å². The highest BCUT2D eigenvalue weighted by atomic mass is 31.2. The molecule has 70 heavy (non-hydrogen) atoms. The van der Waals surface area contributed by atoms with Crippen LogP contribution >= 0.6 is 7.82 Å². The summed E-state index contributed by atoms with van der Waals surface area (Å²) in [6.45, 7) is 3.88. The number of ether oxygens (including phenoxy) is 2. The lowest BCUT2D eigenvalue weighted by Crippen LogP contribution is -2.64. The van der Waals surface area contributed by atoms with E-state index in [1.165, 1.54) is 0 Å². The molecule has 0 bridgehead atoms. The summed E-state index contributed by atoms with van der Waals surface area (Å²) in [5.41, 5.74) is 0. The Labute approximate surface area is 421 Å². The molecule has 0 aromatic carbocycles. The van der Waals surface area contributed by atoms with Gasteiger partial charge in [0.05, 0.1) is 13.2 Å². The number of carbonyl (C=O) groups is 1. The number of phosphoric acid groups is 1. The van der Waals surface area contributed by atoms with Crippen LogP contribution in [0.5, 0.6) is 0 Å². The Kier molecular flexibility index (Phi) is 41.4. The average molecular weight is 997 g/mol. The number of carbonyl (C=O) groups excluding carboxylic acids is 1. The summed E-state index contributed by atoms with van der Waals surface area (Å²) in [4.78, 5) is 23.2. The average Bonchev–Trinajstić information content (AvgIpc) is 3.35.